The van der Waals surface area contributed by atoms with Gasteiger partial charge in [-0.1, -0.05) is 52.1 Å². The number of halogens is 2. The lowest BCUT2D eigenvalue weighted by Crippen LogP contribution is -2.74. The number of carbonyl (C=O) groups is 4. The van der Waals surface area contributed by atoms with Crippen molar-refractivity contribution >= 4 is 41.0 Å². The van der Waals surface area contributed by atoms with Crippen LogP contribution in [0.25, 0.3) is 0 Å². The molecule has 4 amide bonds. The molecular weight excluding hydrogens is 777 g/mol. The first-order chi connectivity index (χ1) is 28.2. The van der Waals surface area contributed by atoms with Crippen molar-refractivity contribution in [2.24, 2.45) is 10.8 Å². The van der Waals surface area contributed by atoms with E-state index in [4.69, 9.17) is 21.1 Å². The SMILES string of the molecule is CC1(C)C(NC(=O)c2ccc(N3CCN(CCCCCCOc4cc5c(cc4F)C(=O)N(C4CCC(=O)NC4=O)C5)CC3)nc2)C(C)(C)C1Oc1ccc(C#N)c(Cl)c1. The maximum Gasteiger partial charge on any atom is 0.255 e. The zero-order chi connectivity index (χ0) is 42.1. The van der Waals surface area contributed by atoms with Crippen LogP contribution < -0.4 is 25.0 Å². The molecule has 1 aromatic heterocycles. The number of piperidine rings is 1. The normalized spacial score (nSPS) is 22.3. The zero-order valence-corrected chi connectivity index (χ0v) is 34.7. The van der Waals surface area contributed by atoms with E-state index < -0.39 is 23.7 Å². The summed E-state index contributed by atoms with van der Waals surface area (Å²) in [6.07, 6.45) is 5.63. The van der Waals surface area contributed by atoms with Gasteiger partial charge in [-0.25, -0.2) is 9.37 Å². The summed E-state index contributed by atoms with van der Waals surface area (Å²) in [5.41, 5.74) is 0.983. The Kier molecular flexibility index (Phi) is 12.2. The van der Waals surface area contributed by atoms with E-state index in [0.717, 1.165) is 64.2 Å². The maximum atomic E-state index is 14.9. The number of rotatable bonds is 14. The van der Waals surface area contributed by atoms with Crippen molar-refractivity contribution in [3.8, 4) is 17.6 Å². The van der Waals surface area contributed by atoms with E-state index in [-0.39, 0.29) is 65.5 Å². The molecule has 4 aliphatic rings. The number of ether oxygens (including phenoxy) is 2. The molecule has 1 atom stereocenters. The van der Waals surface area contributed by atoms with Crippen LogP contribution in [0.3, 0.4) is 0 Å². The van der Waals surface area contributed by atoms with Crippen molar-refractivity contribution in [2.75, 3.05) is 44.2 Å². The predicted molar refractivity (Wildman–Crippen MR) is 219 cm³/mol. The third-order valence-electron chi connectivity index (χ3n) is 12.3. The van der Waals surface area contributed by atoms with Gasteiger partial charge in [-0.3, -0.25) is 29.4 Å². The van der Waals surface area contributed by atoms with Gasteiger partial charge in [-0.15, -0.1) is 0 Å². The highest BCUT2D eigenvalue weighted by Crippen LogP contribution is 2.55. The number of nitriles is 1. The highest BCUT2D eigenvalue weighted by molar-refractivity contribution is 6.31. The molecule has 15 heteroatoms. The maximum absolute atomic E-state index is 14.9. The lowest BCUT2D eigenvalue weighted by atomic mass is 9.49. The van der Waals surface area contributed by atoms with Crippen molar-refractivity contribution in [1.82, 2.24) is 25.4 Å². The van der Waals surface area contributed by atoms with Crippen molar-refractivity contribution in [1.29, 1.82) is 5.26 Å². The number of nitrogens with one attached hydrogen (secondary N) is 2. The van der Waals surface area contributed by atoms with E-state index in [1.165, 1.54) is 11.0 Å². The number of unbranched alkanes of at least 4 members (excludes halogenated alkanes) is 3. The quantitative estimate of drug-likeness (QED) is 0.149. The summed E-state index contributed by atoms with van der Waals surface area (Å²) in [6.45, 7) is 13.3. The number of carbonyl (C=O) groups excluding carboxylic acids is 4. The number of benzene rings is 2. The van der Waals surface area contributed by atoms with Gasteiger partial charge in [0.1, 0.15) is 29.8 Å². The Morgan fingerprint density at radius 3 is 2.44 bits per heavy atom. The van der Waals surface area contributed by atoms with Crippen molar-refractivity contribution in [3.63, 3.8) is 0 Å². The first-order valence-corrected chi connectivity index (χ1v) is 20.8. The molecule has 0 radical (unpaired) electrons. The summed E-state index contributed by atoms with van der Waals surface area (Å²) in [4.78, 5) is 60.9. The van der Waals surface area contributed by atoms with Crippen molar-refractivity contribution < 1.29 is 33.0 Å². The summed E-state index contributed by atoms with van der Waals surface area (Å²) in [5.74, 6) is -0.526. The molecular formula is C44H51ClFN7O6. The second-order valence-corrected chi connectivity index (χ2v) is 17.5. The van der Waals surface area contributed by atoms with Gasteiger partial charge in [0, 0.05) is 73.8 Å². The van der Waals surface area contributed by atoms with Crippen molar-refractivity contribution in [3.05, 3.63) is 81.8 Å². The molecule has 13 nitrogen and oxygen atoms in total. The van der Waals surface area contributed by atoms with Gasteiger partial charge in [0.05, 0.1) is 22.8 Å². The fourth-order valence-electron chi connectivity index (χ4n) is 9.37. The van der Waals surface area contributed by atoms with Gasteiger partial charge in [0.25, 0.3) is 11.8 Å². The molecule has 3 fully saturated rings. The molecule has 0 bridgehead atoms. The molecule has 4 heterocycles. The van der Waals surface area contributed by atoms with Gasteiger partial charge in [-0.2, -0.15) is 5.26 Å². The summed E-state index contributed by atoms with van der Waals surface area (Å²) in [6, 6.07) is 12.7. The number of anilines is 1. The highest BCUT2D eigenvalue weighted by atomic mass is 35.5. The molecule has 3 aromatic rings. The second kappa shape index (κ2) is 17.1. The molecule has 1 saturated carbocycles. The van der Waals surface area contributed by atoms with Crippen LogP contribution >= 0.6 is 11.6 Å². The van der Waals surface area contributed by atoms with Gasteiger partial charge in [0.2, 0.25) is 11.8 Å². The largest absolute Gasteiger partial charge is 0.491 e. The van der Waals surface area contributed by atoms with Gasteiger partial charge < -0.3 is 24.6 Å². The number of hydrogen-bond donors (Lipinski definition) is 2. The molecule has 0 spiro atoms. The Balaban J connectivity index is 0.791. The monoisotopic (exact) mass is 827 g/mol. The molecule has 2 N–H and O–H groups in total. The second-order valence-electron chi connectivity index (χ2n) is 17.1. The third kappa shape index (κ3) is 8.73. The van der Waals surface area contributed by atoms with Crippen LogP contribution in [0.1, 0.15) is 98.1 Å². The molecule has 3 aliphatic heterocycles. The number of aromatic nitrogens is 1. The van der Waals surface area contributed by atoms with E-state index in [1.807, 2.05) is 12.1 Å². The Labute approximate surface area is 349 Å². The number of hydrogen-bond acceptors (Lipinski definition) is 10. The Hall–Kier alpha value is -5.26. The van der Waals surface area contributed by atoms with Crippen LogP contribution in [0, 0.1) is 28.0 Å². The van der Waals surface area contributed by atoms with E-state index >= 15 is 0 Å². The van der Waals surface area contributed by atoms with Crippen molar-refractivity contribution in [2.45, 2.75) is 91.0 Å². The molecule has 1 unspecified atom stereocenters. The van der Waals surface area contributed by atoms with Crippen LogP contribution in [0.15, 0.2) is 48.7 Å². The Morgan fingerprint density at radius 2 is 1.76 bits per heavy atom. The van der Waals surface area contributed by atoms with Crippen LogP contribution in [0.5, 0.6) is 11.5 Å². The summed E-state index contributed by atoms with van der Waals surface area (Å²) in [7, 11) is 0. The number of pyridine rings is 1. The summed E-state index contributed by atoms with van der Waals surface area (Å²) in [5, 5.41) is 15.0. The number of piperazine rings is 1. The average Bonchev–Trinajstić information content (AvgIpc) is 3.52. The van der Waals surface area contributed by atoms with E-state index in [0.29, 0.717) is 34.1 Å². The van der Waals surface area contributed by atoms with Gasteiger partial charge >= 0.3 is 0 Å². The third-order valence-corrected chi connectivity index (χ3v) is 12.7. The average molecular weight is 828 g/mol. The van der Waals surface area contributed by atoms with Crippen LogP contribution in [-0.2, 0) is 16.1 Å². The summed E-state index contributed by atoms with van der Waals surface area (Å²) < 4.78 is 27.0. The highest BCUT2D eigenvalue weighted by Gasteiger charge is 2.64. The van der Waals surface area contributed by atoms with Crippen LogP contribution in [0.4, 0.5) is 10.2 Å². The molecule has 59 heavy (non-hydrogen) atoms. The molecule has 312 valence electrons. The lowest BCUT2D eigenvalue weighted by Gasteiger charge is -2.63. The smallest absolute Gasteiger partial charge is 0.255 e. The fourth-order valence-corrected chi connectivity index (χ4v) is 9.58. The minimum atomic E-state index is -0.749. The number of amides is 4. The minimum absolute atomic E-state index is 0.0991. The van der Waals surface area contributed by atoms with E-state index in [2.05, 4.69) is 59.2 Å². The fraction of sp³-hybridized carbons (Fsp3) is 0.500. The standard InChI is InChI=1S/C44H51ClFN7O6/c1-43(2)41(44(3,4)42(43)59-30-11-9-27(24-47)32(45)22-30)50-38(55)28-10-13-36(48-25-28)52-18-16-51(17-19-52)15-7-5-6-8-20-58-35-21-29-26-53(40(57)31(29)23-33(35)46)34-12-14-37(54)49-39(34)56/h9-11,13,21-23,25,34,41-42H,5-8,12,14-20,26H2,1-4H3,(H,50,55)(H,49,54,56). The number of nitrogens with zero attached hydrogens (tertiary/aromatic N) is 5. The first kappa shape index (κ1) is 41.9. The topological polar surface area (TPSA) is 157 Å². The summed E-state index contributed by atoms with van der Waals surface area (Å²) >= 11 is 6.24. The predicted octanol–water partition coefficient (Wildman–Crippen LogP) is 5.88. The number of imide groups is 1. The first-order valence-electron chi connectivity index (χ1n) is 20.4. The molecule has 2 aromatic carbocycles. The minimum Gasteiger partial charge on any atom is -0.491 e. The van der Waals surface area contributed by atoms with E-state index in [1.54, 1.807) is 30.5 Å². The van der Waals surface area contributed by atoms with Gasteiger partial charge in [0.15, 0.2) is 11.6 Å². The molecule has 1 aliphatic carbocycles. The number of fused-ring (bicyclic) bond motifs is 1. The van der Waals surface area contributed by atoms with Gasteiger partial charge in [-0.05, 0) is 67.8 Å². The van der Waals surface area contributed by atoms with Crippen LogP contribution in [-0.4, -0.2) is 95.9 Å². The molecule has 2 saturated heterocycles. The van der Waals surface area contributed by atoms with E-state index in [9.17, 15) is 28.8 Å². The van der Waals surface area contributed by atoms with Crippen LogP contribution in [0.2, 0.25) is 5.02 Å². The Bertz CT molecular complexity index is 2130. The Morgan fingerprint density at radius 1 is 1.02 bits per heavy atom. The zero-order valence-electron chi connectivity index (χ0n) is 34.0. The lowest BCUT2D eigenvalue weighted by molar-refractivity contribution is -0.164. The molecule has 7 rings (SSSR count).